The Labute approximate surface area is 122 Å². The highest BCUT2D eigenvalue weighted by Crippen LogP contribution is 2.19. The first-order valence-corrected chi connectivity index (χ1v) is 7.41. The van der Waals surface area contributed by atoms with Gasteiger partial charge in [-0.15, -0.1) is 0 Å². The van der Waals surface area contributed by atoms with Crippen molar-refractivity contribution in [1.82, 2.24) is 9.78 Å². The molecular formula is C13H22BrN3O2. The Bertz CT molecular complexity index is 462. The molecule has 1 rings (SSSR count). The van der Waals surface area contributed by atoms with Crippen molar-refractivity contribution in [2.24, 2.45) is 5.92 Å². The van der Waals surface area contributed by atoms with Gasteiger partial charge in [-0.3, -0.25) is 4.79 Å². The molecule has 108 valence electrons. The van der Waals surface area contributed by atoms with Crippen LogP contribution in [0.2, 0.25) is 0 Å². The van der Waals surface area contributed by atoms with Crippen molar-refractivity contribution in [3.05, 3.63) is 21.0 Å². The van der Waals surface area contributed by atoms with Gasteiger partial charge < -0.3 is 10.4 Å². The molecule has 0 bridgehead atoms. The summed E-state index contributed by atoms with van der Waals surface area (Å²) in [6, 6.07) is 0.279. The molecule has 1 aromatic rings. The minimum atomic E-state index is -0.227. The van der Waals surface area contributed by atoms with Crippen LogP contribution in [0.4, 0.5) is 5.69 Å². The van der Waals surface area contributed by atoms with Crippen molar-refractivity contribution in [3.8, 4) is 0 Å². The fraction of sp³-hybridized carbons (Fsp3) is 0.692. The molecule has 6 heteroatoms. The second-order valence-electron chi connectivity index (χ2n) is 4.92. The van der Waals surface area contributed by atoms with Crippen LogP contribution in [0.3, 0.4) is 0 Å². The van der Waals surface area contributed by atoms with Gasteiger partial charge in [0.15, 0.2) is 0 Å². The van der Waals surface area contributed by atoms with E-state index in [0.29, 0.717) is 16.1 Å². The van der Waals surface area contributed by atoms with Crippen LogP contribution in [-0.4, -0.2) is 27.5 Å². The van der Waals surface area contributed by atoms with Crippen LogP contribution in [0.5, 0.6) is 0 Å². The topological polar surface area (TPSA) is 67.2 Å². The van der Waals surface area contributed by atoms with E-state index in [0.717, 1.165) is 12.8 Å². The standard InChI is InChI=1S/C13H22BrN3O2/c1-4-9(2)7-10(3)16-11-8-15-17(5-6-18)13(19)12(11)14/h8-10,16,18H,4-7H2,1-3H3. The molecule has 2 unspecified atom stereocenters. The summed E-state index contributed by atoms with van der Waals surface area (Å²) in [6.07, 6.45) is 3.81. The van der Waals surface area contributed by atoms with Gasteiger partial charge in [-0.25, -0.2) is 4.68 Å². The van der Waals surface area contributed by atoms with Crippen LogP contribution in [-0.2, 0) is 6.54 Å². The first kappa shape index (κ1) is 16.2. The molecule has 2 atom stereocenters. The zero-order valence-corrected chi connectivity index (χ0v) is 13.3. The molecule has 19 heavy (non-hydrogen) atoms. The van der Waals surface area contributed by atoms with Gasteiger partial charge >= 0.3 is 0 Å². The van der Waals surface area contributed by atoms with Gasteiger partial charge in [-0.05, 0) is 35.2 Å². The summed E-state index contributed by atoms with van der Waals surface area (Å²) in [7, 11) is 0. The van der Waals surface area contributed by atoms with Crippen molar-refractivity contribution in [3.63, 3.8) is 0 Å². The quantitative estimate of drug-likeness (QED) is 0.804. The van der Waals surface area contributed by atoms with Crippen molar-refractivity contribution in [2.45, 2.75) is 46.2 Å². The number of halogens is 1. The van der Waals surface area contributed by atoms with Crippen molar-refractivity contribution in [2.75, 3.05) is 11.9 Å². The average molecular weight is 332 g/mol. The van der Waals surface area contributed by atoms with Gasteiger partial charge in [0.2, 0.25) is 0 Å². The summed E-state index contributed by atoms with van der Waals surface area (Å²) < 4.78 is 1.71. The number of aliphatic hydroxyl groups excluding tert-OH is 1. The minimum absolute atomic E-state index is 0.101. The van der Waals surface area contributed by atoms with Crippen LogP contribution in [0.25, 0.3) is 0 Å². The summed E-state index contributed by atoms with van der Waals surface area (Å²) in [5.41, 5.74) is 0.477. The number of hydrogen-bond acceptors (Lipinski definition) is 4. The number of nitrogens with zero attached hydrogens (tertiary/aromatic N) is 2. The molecule has 0 aliphatic rings. The van der Waals surface area contributed by atoms with Crippen molar-refractivity contribution >= 4 is 21.6 Å². The van der Waals surface area contributed by atoms with Crippen molar-refractivity contribution < 1.29 is 5.11 Å². The summed E-state index contributed by atoms with van der Waals surface area (Å²) >= 11 is 3.30. The Kier molecular flexibility index (Phi) is 6.51. The Balaban J connectivity index is 2.80. The predicted octanol–water partition coefficient (Wildman–Crippen LogP) is 2.23. The largest absolute Gasteiger partial charge is 0.394 e. The first-order valence-electron chi connectivity index (χ1n) is 6.62. The lowest BCUT2D eigenvalue weighted by molar-refractivity contribution is 0.266. The lowest BCUT2D eigenvalue weighted by Gasteiger charge is -2.19. The second-order valence-corrected chi connectivity index (χ2v) is 5.71. The second kappa shape index (κ2) is 7.65. The Morgan fingerprint density at radius 3 is 2.79 bits per heavy atom. The number of aromatic nitrogens is 2. The monoisotopic (exact) mass is 331 g/mol. The fourth-order valence-corrected chi connectivity index (χ4v) is 2.34. The highest BCUT2D eigenvalue weighted by molar-refractivity contribution is 9.10. The lowest BCUT2D eigenvalue weighted by Crippen LogP contribution is -2.27. The molecule has 0 saturated heterocycles. The van der Waals surface area contributed by atoms with E-state index >= 15 is 0 Å². The molecule has 0 aromatic carbocycles. The highest BCUT2D eigenvalue weighted by Gasteiger charge is 2.12. The zero-order valence-electron chi connectivity index (χ0n) is 11.7. The van der Waals surface area contributed by atoms with Crippen LogP contribution in [0.15, 0.2) is 15.5 Å². The molecule has 1 heterocycles. The summed E-state index contributed by atoms with van der Waals surface area (Å²) in [5, 5.41) is 16.2. The third-order valence-electron chi connectivity index (χ3n) is 3.15. The summed E-state index contributed by atoms with van der Waals surface area (Å²) in [4.78, 5) is 11.9. The maximum atomic E-state index is 11.9. The Hall–Kier alpha value is -0.880. The van der Waals surface area contributed by atoms with E-state index < -0.39 is 0 Å². The number of rotatable bonds is 7. The van der Waals surface area contributed by atoms with E-state index in [4.69, 9.17) is 5.11 Å². The smallest absolute Gasteiger partial charge is 0.283 e. The van der Waals surface area contributed by atoms with E-state index in [9.17, 15) is 4.79 Å². The van der Waals surface area contributed by atoms with E-state index in [-0.39, 0.29) is 24.8 Å². The molecule has 1 aromatic heterocycles. The van der Waals surface area contributed by atoms with Gasteiger partial charge in [-0.2, -0.15) is 5.10 Å². The number of nitrogens with one attached hydrogen (secondary N) is 1. The lowest BCUT2D eigenvalue weighted by atomic mass is 10.0. The van der Waals surface area contributed by atoms with Crippen LogP contribution in [0.1, 0.15) is 33.6 Å². The molecule has 0 radical (unpaired) electrons. The van der Waals surface area contributed by atoms with E-state index in [1.54, 1.807) is 6.20 Å². The van der Waals surface area contributed by atoms with Crippen LogP contribution < -0.4 is 10.9 Å². The molecule has 5 nitrogen and oxygen atoms in total. The molecule has 0 saturated carbocycles. The Morgan fingerprint density at radius 2 is 2.21 bits per heavy atom. The molecular weight excluding hydrogens is 310 g/mol. The zero-order chi connectivity index (χ0) is 14.4. The molecule has 2 N–H and O–H groups in total. The molecule has 0 spiro atoms. The maximum absolute atomic E-state index is 11.9. The molecule has 0 aliphatic heterocycles. The predicted molar refractivity (Wildman–Crippen MR) is 80.4 cm³/mol. The average Bonchev–Trinajstić information content (AvgIpc) is 2.38. The van der Waals surface area contributed by atoms with E-state index in [1.807, 2.05) is 0 Å². The summed E-state index contributed by atoms with van der Waals surface area (Å²) in [5.74, 6) is 0.643. The first-order chi connectivity index (χ1) is 8.99. The van der Waals surface area contributed by atoms with Gasteiger partial charge in [0, 0.05) is 6.04 Å². The fourth-order valence-electron chi connectivity index (χ4n) is 1.91. The molecule has 0 fully saturated rings. The normalized spacial score (nSPS) is 14.2. The van der Waals surface area contributed by atoms with Crippen LogP contribution in [0, 0.1) is 5.92 Å². The number of anilines is 1. The molecule has 0 amide bonds. The van der Waals surface area contributed by atoms with E-state index in [2.05, 4.69) is 47.1 Å². The minimum Gasteiger partial charge on any atom is -0.394 e. The third-order valence-corrected chi connectivity index (χ3v) is 3.92. The van der Waals surface area contributed by atoms with Crippen molar-refractivity contribution in [1.29, 1.82) is 0 Å². The Morgan fingerprint density at radius 1 is 1.53 bits per heavy atom. The number of aliphatic hydroxyl groups is 1. The van der Waals surface area contributed by atoms with Gasteiger partial charge in [0.05, 0.1) is 25.0 Å². The highest BCUT2D eigenvalue weighted by atomic mass is 79.9. The third kappa shape index (κ3) is 4.62. The van der Waals surface area contributed by atoms with Gasteiger partial charge in [0.25, 0.3) is 5.56 Å². The van der Waals surface area contributed by atoms with Gasteiger partial charge in [0.1, 0.15) is 4.47 Å². The summed E-state index contributed by atoms with van der Waals surface area (Å²) in [6.45, 7) is 6.59. The number of hydrogen-bond donors (Lipinski definition) is 2. The maximum Gasteiger partial charge on any atom is 0.283 e. The van der Waals surface area contributed by atoms with Gasteiger partial charge in [-0.1, -0.05) is 20.3 Å². The molecule has 0 aliphatic carbocycles. The van der Waals surface area contributed by atoms with Crippen LogP contribution >= 0.6 is 15.9 Å². The SMILES string of the molecule is CCC(C)CC(C)Nc1cnn(CCO)c(=O)c1Br. The van der Waals surface area contributed by atoms with E-state index in [1.165, 1.54) is 4.68 Å².